The van der Waals surface area contributed by atoms with Gasteiger partial charge in [-0.2, -0.15) is 0 Å². The zero-order chi connectivity index (χ0) is 15.9. The molecule has 0 radical (unpaired) electrons. The molecule has 0 aliphatic rings. The SMILES string of the molecule is CCN(CC)CCCNc1cc(NC)nc(C(C)(C)C)n1. The van der Waals surface area contributed by atoms with Crippen LogP contribution in [0.25, 0.3) is 0 Å². The summed E-state index contributed by atoms with van der Waals surface area (Å²) in [7, 11) is 1.89. The second-order valence-corrected chi connectivity index (χ2v) is 6.27. The first-order valence-corrected chi connectivity index (χ1v) is 7.94. The lowest BCUT2D eigenvalue weighted by Gasteiger charge is -2.20. The van der Waals surface area contributed by atoms with Crippen LogP contribution in [0, 0.1) is 0 Å². The Morgan fingerprint density at radius 3 is 2.24 bits per heavy atom. The van der Waals surface area contributed by atoms with Crippen LogP contribution >= 0.6 is 0 Å². The molecular formula is C16H31N5. The third-order valence-electron chi connectivity index (χ3n) is 3.50. The summed E-state index contributed by atoms with van der Waals surface area (Å²) >= 11 is 0. The summed E-state index contributed by atoms with van der Waals surface area (Å²) in [5, 5.41) is 6.53. The Labute approximate surface area is 129 Å². The lowest BCUT2D eigenvalue weighted by molar-refractivity contribution is 0.303. The van der Waals surface area contributed by atoms with E-state index < -0.39 is 0 Å². The summed E-state index contributed by atoms with van der Waals surface area (Å²) in [6, 6.07) is 1.96. The Kier molecular flexibility index (Phi) is 6.89. The molecule has 1 rings (SSSR count). The first-order valence-electron chi connectivity index (χ1n) is 7.94. The van der Waals surface area contributed by atoms with Crippen molar-refractivity contribution in [2.45, 2.75) is 46.5 Å². The number of anilines is 2. The maximum atomic E-state index is 4.63. The van der Waals surface area contributed by atoms with Crippen LogP contribution < -0.4 is 10.6 Å². The van der Waals surface area contributed by atoms with Gasteiger partial charge in [-0.1, -0.05) is 34.6 Å². The molecule has 0 fully saturated rings. The van der Waals surface area contributed by atoms with Crippen LogP contribution in [0.15, 0.2) is 6.07 Å². The van der Waals surface area contributed by atoms with Gasteiger partial charge in [0.05, 0.1) is 0 Å². The minimum atomic E-state index is -0.0511. The summed E-state index contributed by atoms with van der Waals surface area (Å²) < 4.78 is 0. The fraction of sp³-hybridized carbons (Fsp3) is 0.750. The summed E-state index contributed by atoms with van der Waals surface area (Å²) in [5.41, 5.74) is -0.0511. The monoisotopic (exact) mass is 293 g/mol. The predicted molar refractivity (Wildman–Crippen MR) is 91.2 cm³/mol. The van der Waals surface area contributed by atoms with E-state index in [1.54, 1.807) is 0 Å². The lowest BCUT2D eigenvalue weighted by atomic mass is 9.96. The van der Waals surface area contributed by atoms with Crippen LogP contribution in [0.4, 0.5) is 11.6 Å². The molecule has 0 saturated carbocycles. The molecule has 5 heteroatoms. The third kappa shape index (κ3) is 5.87. The van der Waals surface area contributed by atoms with Gasteiger partial charge in [-0.3, -0.25) is 0 Å². The second-order valence-electron chi connectivity index (χ2n) is 6.27. The minimum Gasteiger partial charge on any atom is -0.373 e. The van der Waals surface area contributed by atoms with Gasteiger partial charge >= 0.3 is 0 Å². The van der Waals surface area contributed by atoms with E-state index >= 15 is 0 Å². The van der Waals surface area contributed by atoms with Gasteiger partial charge < -0.3 is 15.5 Å². The van der Waals surface area contributed by atoms with Gasteiger partial charge in [-0.15, -0.1) is 0 Å². The fourth-order valence-electron chi connectivity index (χ4n) is 2.06. The molecule has 1 heterocycles. The first kappa shape index (κ1) is 17.7. The van der Waals surface area contributed by atoms with Gasteiger partial charge in [-0.05, 0) is 26.1 Å². The lowest BCUT2D eigenvalue weighted by Crippen LogP contribution is -2.25. The van der Waals surface area contributed by atoms with Crippen molar-refractivity contribution in [3.05, 3.63) is 11.9 Å². The van der Waals surface area contributed by atoms with E-state index in [2.05, 4.69) is 60.1 Å². The maximum Gasteiger partial charge on any atom is 0.138 e. The van der Waals surface area contributed by atoms with Gasteiger partial charge in [0.2, 0.25) is 0 Å². The number of nitrogens with zero attached hydrogens (tertiary/aromatic N) is 3. The molecule has 0 aliphatic heterocycles. The molecule has 1 aromatic heterocycles. The molecule has 5 nitrogen and oxygen atoms in total. The molecular weight excluding hydrogens is 262 g/mol. The molecule has 1 aromatic rings. The van der Waals surface area contributed by atoms with Crippen LogP contribution in [0.1, 0.15) is 46.9 Å². The molecule has 0 spiro atoms. The van der Waals surface area contributed by atoms with Crippen LogP contribution in [-0.2, 0) is 5.41 Å². The Hall–Kier alpha value is -1.36. The topological polar surface area (TPSA) is 53.1 Å². The third-order valence-corrected chi connectivity index (χ3v) is 3.50. The number of hydrogen-bond acceptors (Lipinski definition) is 5. The normalized spacial score (nSPS) is 11.8. The van der Waals surface area contributed by atoms with Crippen molar-refractivity contribution in [1.82, 2.24) is 14.9 Å². The van der Waals surface area contributed by atoms with Crippen LogP contribution in [0.2, 0.25) is 0 Å². The average Bonchev–Trinajstić information content (AvgIpc) is 2.46. The van der Waals surface area contributed by atoms with Crippen LogP contribution in [0.5, 0.6) is 0 Å². The Balaban J connectivity index is 2.62. The van der Waals surface area contributed by atoms with Crippen LogP contribution in [0.3, 0.4) is 0 Å². The molecule has 0 aromatic carbocycles. The first-order chi connectivity index (χ1) is 9.90. The van der Waals surface area contributed by atoms with E-state index in [0.29, 0.717) is 0 Å². The van der Waals surface area contributed by atoms with Crippen molar-refractivity contribution in [3.8, 4) is 0 Å². The van der Waals surface area contributed by atoms with E-state index in [1.807, 2.05) is 13.1 Å². The van der Waals surface area contributed by atoms with Crippen molar-refractivity contribution >= 4 is 11.6 Å². The Morgan fingerprint density at radius 2 is 1.71 bits per heavy atom. The van der Waals surface area contributed by atoms with Crippen molar-refractivity contribution in [3.63, 3.8) is 0 Å². The van der Waals surface area contributed by atoms with Gasteiger partial charge in [0.1, 0.15) is 17.5 Å². The average molecular weight is 293 g/mol. The van der Waals surface area contributed by atoms with E-state index in [0.717, 1.165) is 50.1 Å². The highest BCUT2D eigenvalue weighted by molar-refractivity contribution is 5.47. The quantitative estimate of drug-likeness (QED) is 0.722. The van der Waals surface area contributed by atoms with E-state index in [1.165, 1.54) is 0 Å². The summed E-state index contributed by atoms with van der Waals surface area (Å²) in [4.78, 5) is 11.6. The largest absolute Gasteiger partial charge is 0.373 e. The number of aromatic nitrogens is 2. The van der Waals surface area contributed by atoms with Gasteiger partial charge in [0.25, 0.3) is 0 Å². The standard InChI is InChI=1S/C16H31N5/c1-7-21(8-2)11-9-10-18-14-12-13(17-6)19-15(20-14)16(3,4)5/h12H,7-11H2,1-6H3,(H2,17,18,19,20). The summed E-state index contributed by atoms with van der Waals surface area (Å²) in [6.07, 6.45) is 1.12. The Morgan fingerprint density at radius 1 is 1.10 bits per heavy atom. The zero-order valence-electron chi connectivity index (χ0n) is 14.5. The predicted octanol–water partition coefficient (Wildman–Crippen LogP) is 2.96. The molecule has 2 N–H and O–H groups in total. The van der Waals surface area contributed by atoms with E-state index in [-0.39, 0.29) is 5.41 Å². The highest BCUT2D eigenvalue weighted by atomic mass is 15.1. The van der Waals surface area contributed by atoms with E-state index in [9.17, 15) is 0 Å². The van der Waals surface area contributed by atoms with Gasteiger partial charge in [0.15, 0.2) is 0 Å². The molecule has 0 amide bonds. The summed E-state index contributed by atoms with van der Waals surface area (Å²) in [6.45, 7) is 15.1. The van der Waals surface area contributed by atoms with Gasteiger partial charge in [-0.25, -0.2) is 9.97 Å². The number of hydrogen-bond donors (Lipinski definition) is 2. The highest BCUT2D eigenvalue weighted by Crippen LogP contribution is 2.22. The van der Waals surface area contributed by atoms with Crippen LogP contribution in [-0.4, -0.2) is 48.1 Å². The number of nitrogens with one attached hydrogen (secondary N) is 2. The number of rotatable bonds is 8. The fourth-order valence-corrected chi connectivity index (χ4v) is 2.06. The van der Waals surface area contributed by atoms with Crippen molar-refractivity contribution in [2.24, 2.45) is 0 Å². The highest BCUT2D eigenvalue weighted by Gasteiger charge is 2.18. The minimum absolute atomic E-state index is 0.0511. The maximum absolute atomic E-state index is 4.63. The Bertz CT molecular complexity index is 421. The molecule has 120 valence electrons. The molecule has 0 unspecified atom stereocenters. The van der Waals surface area contributed by atoms with Gasteiger partial charge in [0, 0.05) is 25.1 Å². The molecule has 0 atom stereocenters. The van der Waals surface area contributed by atoms with Crippen molar-refractivity contribution < 1.29 is 0 Å². The molecule has 0 aliphatic carbocycles. The smallest absolute Gasteiger partial charge is 0.138 e. The molecule has 0 bridgehead atoms. The second kappa shape index (κ2) is 8.17. The molecule has 21 heavy (non-hydrogen) atoms. The zero-order valence-corrected chi connectivity index (χ0v) is 14.5. The van der Waals surface area contributed by atoms with Crippen molar-refractivity contribution in [2.75, 3.05) is 43.9 Å². The summed E-state index contributed by atoms with van der Waals surface area (Å²) in [5.74, 6) is 2.63. The van der Waals surface area contributed by atoms with E-state index in [4.69, 9.17) is 0 Å². The molecule has 0 saturated heterocycles. The van der Waals surface area contributed by atoms with Crippen molar-refractivity contribution in [1.29, 1.82) is 0 Å².